The number of nitrogens with zero attached hydrogens (tertiary/aromatic N) is 3. The van der Waals surface area contributed by atoms with Gasteiger partial charge in [0.25, 0.3) is 0 Å². The number of aromatic nitrogens is 2. The maximum absolute atomic E-state index is 12.1. The highest BCUT2D eigenvalue weighted by Crippen LogP contribution is 2.26. The Bertz CT molecular complexity index is 1010. The van der Waals surface area contributed by atoms with Crippen LogP contribution in [0.25, 0.3) is 11.0 Å². The molecule has 0 bridgehead atoms. The molecule has 0 fully saturated rings. The summed E-state index contributed by atoms with van der Waals surface area (Å²) < 4.78 is 7.93. The first-order chi connectivity index (χ1) is 11.1. The first-order valence-electron chi connectivity index (χ1n) is 6.51. The number of hydrogen-bond donors (Lipinski definition) is 0. The quantitative estimate of drug-likeness (QED) is 0.473. The van der Waals surface area contributed by atoms with E-state index in [1.807, 2.05) is 35.8 Å². The highest BCUT2D eigenvalue weighted by Gasteiger charge is 2.25. The van der Waals surface area contributed by atoms with E-state index >= 15 is 0 Å². The number of rotatable bonds is 2. The number of esters is 1. The Kier molecular flexibility index (Phi) is 3.56. The van der Waals surface area contributed by atoms with Crippen molar-refractivity contribution < 1.29 is 9.53 Å². The molecule has 114 valence electrons. The lowest BCUT2D eigenvalue weighted by atomic mass is 10.2. The van der Waals surface area contributed by atoms with Gasteiger partial charge in [-0.15, -0.1) is 11.3 Å². The number of cyclic esters (lactones) is 1. The largest absolute Gasteiger partial charge is 0.402 e. The fourth-order valence-corrected chi connectivity index (χ4v) is 3.59. The molecular weight excluding hydrogens is 402 g/mol. The van der Waals surface area contributed by atoms with Crippen LogP contribution in [-0.2, 0) is 9.53 Å². The molecule has 5 nitrogen and oxygen atoms in total. The van der Waals surface area contributed by atoms with Crippen LogP contribution in [0.1, 0.15) is 11.3 Å². The Hall–Kier alpha value is -1.96. The van der Waals surface area contributed by atoms with Crippen LogP contribution < -0.4 is 0 Å². The predicted molar refractivity (Wildman–Crippen MR) is 92.8 cm³/mol. The average Bonchev–Trinajstić information content (AvgIpc) is 3.18. The van der Waals surface area contributed by atoms with Gasteiger partial charge in [0.15, 0.2) is 15.8 Å². The zero-order chi connectivity index (χ0) is 16.0. The van der Waals surface area contributed by atoms with E-state index in [1.54, 1.807) is 10.5 Å². The van der Waals surface area contributed by atoms with E-state index in [-0.39, 0.29) is 11.6 Å². The van der Waals surface area contributed by atoms with Gasteiger partial charge in [-0.25, -0.2) is 14.8 Å². The Morgan fingerprint density at radius 1 is 1.39 bits per heavy atom. The molecule has 0 unspecified atom stereocenters. The van der Waals surface area contributed by atoms with Crippen LogP contribution in [-0.4, -0.2) is 21.3 Å². The normalized spacial score (nSPS) is 16.2. The maximum atomic E-state index is 12.1. The van der Waals surface area contributed by atoms with Crippen LogP contribution in [0.5, 0.6) is 0 Å². The van der Waals surface area contributed by atoms with Crippen LogP contribution in [0.4, 0.5) is 0 Å². The fourth-order valence-electron chi connectivity index (χ4n) is 2.19. The number of aliphatic imine (C=N–C) groups is 1. The topological polar surface area (TPSA) is 56.0 Å². The minimum atomic E-state index is -0.513. The Labute approximate surface area is 148 Å². The maximum Gasteiger partial charge on any atom is 0.363 e. The van der Waals surface area contributed by atoms with Gasteiger partial charge in [-0.2, -0.15) is 0 Å². The lowest BCUT2D eigenvalue weighted by molar-refractivity contribution is -0.129. The van der Waals surface area contributed by atoms with Crippen molar-refractivity contribution >= 4 is 61.8 Å². The molecule has 0 saturated carbocycles. The van der Waals surface area contributed by atoms with Crippen LogP contribution in [0.15, 0.2) is 51.0 Å². The zero-order valence-corrected chi connectivity index (χ0v) is 14.5. The highest BCUT2D eigenvalue weighted by atomic mass is 79.9. The molecule has 0 amide bonds. The summed E-state index contributed by atoms with van der Waals surface area (Å²) in [7, 11) is 0. The molecule has 0 atom stereocenters. The second-order valence-corrected chi connectivity index (χ2v) is 6.84. The van der Waals surface area contributed by atoms with Crippen molar-refractivity contribution in [3.05, 3.63) is 62.4 Å². The van der Waals surface area contributed by atoms with Crippen molar-refractivity contribution in [2.75, 3.05) is 0 Å². The summed E-state index contributed by atoms with van der Waals surface area (Å²) in [6.07, 6.45) is 3.42. The van der Waals surface area contributed by atoms with Crippen molar-refractivity contribution in [2.45, 2.75) is 0 Å². The summed E-state index contributed by atoms with van der Waals surface area (Å²) in [6, 6.07) is 7.39. The van der Waals surface area contributed by atoms with Gasteiger partial charge in [-0.1, -0.05) is 33.6 Å². The van der Waals surface area contributed by atoms with E-state index in [1.165, 1.54) is 11.3 Å². The van der Waals surface area contributed by atoms with Crippen LogP contribution in [0.3, 0.4) is 0 Å². The minimum Gasteiger partial charge on any atom is -0.402 e. The number of carbonyl (C=O) groups is 1. The number of thiazole rings is 1. The molecule has 1 aliphatic rings. The second-order valence-electron chi connectivity index (χ2n) is 4.69. The summed E-state index contributed by atoms with van der Waals surface area (Å²) in [5, 5.41) is 2.22. The van der Waals surface area contributed by atoms with E-state index in [0.717, 1.165) is 15.0 Å². The number of hydrogen-bond acceptors (Lipinski definition) is 5. The lowest BCUT2D eigenvalue weighted by Gasteiger charge is -1.99. The molecular formula is C15H7BrClN3O2S. The van der Waals surface area contributed by atoms with Crippen molar-refractivity contribution in [1.82, 2.24) is 9.38 Å². The molecule has 3 heterocycles. The first kappa shape index (κ1) is 14.6. The Balaban J connectivity index is 1.78. The third-order valence-corrected chi connectivity index (χ3v) is 4.75. The van der Waals surface area contributed by atoms with Gasteiger partial charge < -0.3 is 4.74 Å². The molecule has 1 aliphatic heterocycles. The Morgan fingerprint density at radius 2 is 2.26 bits per heavy atom. The standard InChI is InChI=1S/C15H7BrClN3O2S/c16-9-3-1-2-8(6-9)13-18-10(14(21)22-13)7-11-12(17)19-15-20(11)4-5-23-15/h1-7H. The van der Waals surface area contributed by atoms with Crippen LogP contribution in [0, 0.1) is 0 Å². The summed E-state index contributed by atoms with van der Waals surface area (Å²) in [4.78, 5) is 21.3. The van der Waals surface area contributed by atoms with E-state index in [9.17, 15) is 4.79 Å². The number of carbonyl (C=O) groups excluding carboxylic acids is 1. The summed E-state index contributed by atoms with van der Waals surface area (Å²) in [5.74, 6) is -0.244. The van der Waals surface area contributed by atoms with Gasteiger partial charge in [0, 0.05) is 21.6 Å². The number of fused-ring (bicyclic) bond motifs is 1. The predicted octanol–water partition coefficient (Wildman–Crippen LogP) is 4.16. The van der Waals surface area contributed by atoms with Gasteiger partial charge in [0.2, 0.25) is 5.90 Å². The van der Waals surface area contributed by atoms with Crippen molar-refractivity contribution in [3.63, 3.8) is 0 Å². The molecule has 0 radical (unpaired) electrons. The van der Waals surface area contributed by atoms with E-state index in [0.29, 0.717) is 10.8 Å². The summed E-state index contributed by atoms with van der Waals surface area (Å²) >= 11 is 11.0. The second kappa shape index (κ2) is 5.59. The van der Waals surface area contributed by atoms with Crippen molar-refractivity contribution in [2.24, 2.45) is 4.99 Å². The third-order valence-electron chi connectivity index (χ3n) is 3.22. The third kappa shape index (κ3) is 2.60. The molecule has 1 aromatic carbocycles. The number of halogens is 2. The molecule has 0 spiro atoms. The smallest absolute Gasteiger partial charge is 0.363 e. The summed E-state index contributed by atoms with van der Waals surface area (Å²) in [6.45, 7) is 0. The minimum absolute atomic E-state index is 0.190. The molecule has 0 N–H and O–H groups in total. The monoisotopic (exact) mass is 407 g/mol. The molecule has 8 heteroatoms. The van der Waals surface area contributed by atoms with Gasteiger partial charge >= 0.3 is 5.97 Å². The number of imidazole rings is 1. The van der Waals surface area contributed by atoms with Crippen molar-refractivity contribution in [1.29, 1.82) is 0 Å². The van der Waals surface area contributed by atoms with Gasteiger partial charge in [0.1, 0.15) is 0 Å². The SMILES string of the molecule is O=C1OC(c2cccc(Br)c2)=NC1=Cc1c(Cl)nc2sccn12. The molecule has 4 rings (SSSR count). The van der Waals surface area contributed by atoms with E-state index in [2.05, 4.69) is 25.9 Å². The van der Waals surface area contributed by atoms with Crippen molar-refractivity contribution in [3.8, 4) is 0 Å². The molecule has 2 aromatic heterocycles. The summed E-state index contributed by atoms with van der Waals surface area (Å²) in [5.41, 5.74) is 1.51. The first-order valence-corrected chi connectivity index (χ1v) is 8.56. The molecule has 0 aliphatic carbocycles. The lowest BCUT2D eigenvalue weighted by Crippen LogP contribution is -2.05. The molecule has 23 heavy (non-hydrogen) atoms. The molecule has 3 aromatic rings. The number of ether oxygens (including phenoxy) is 1. The van der Waals surface area contributed by atoms with Gasteiger partial charge in [-0.05, 0) is 24.3 Å². The van der Waals surface area contributed by atoms with E-state index in [4.69, 9.17) is 16.3 Å². The van der Waals surface area contributed by atoms with Crippen LogP contribution in [0.2, 0.25) is 5.15 Å². The van der Waals surface area contributed by atoms with E-state index < -0.39 is 5.97 Å². The van der Waals surface area contributed by atoms with Crippen LogP contribution >= 0.6 is 38.9 Å². The zero-order valence-electron chi connectivity index (χ0n) is 11.4. The number of benzene rings is 1. The fraction of sp³-hybridized carbons (Fsp3) is 0. The highest BCUT2D eigenvalue weighted by molar-refractivity contribution is 9.10. The average molecular weight is 409 g/mol. The Morgan fingerprint density at radius 3 is 3.09 bits per heavy atom. The van der Waals surface area contributed by atoms with Gasteiger partial charge in [-0.3, -0.25) is 4.40 Å². The van der Waals surface area contributed by atoms with Gasteiger partial charge in [0.05, 0.1) is 5.69 Å². The molecule has 0 saturated heterocycles.